The molecule has 0 spiro atoms. The zero-order valence-electron chi connectivity index (χ0n) is 6.07. The quantitative estimate of drug-likeness (QED) is 0.563. The third-order valence-electron chi connectivity index (χ3n) is 1.28. The van der Waals surface area contributed by atoms with Gasteiger partial charge < -0.3 is 10.2 Å². The average Bonchev–Trinajstić information content (AvgIpc) is 1.83. The summed E-state index contributed by atoms with van der Waals surface area (Å²) in [4.78, 5) is 2.27. The van der Waals surface area contributed by atoms with Gasteiger partial charge in [-0.3, -0.25) is 0 Å². The number of nitrogens with one attached hydrogen (secondary N) is 1. The predicted molar refractivity (Wildman–Crippen MR) is 37.1 cm³/mol. The van der Waals surface area contributed by atoms with Gasteiger partial charge in [0.15, 0.2) is 0 Å². The second-order valence-electron chi connectivity index (χ2n) is 2.00. The second-order valence-corrected chi connectivity index (χ2v) is 2.00. The van der Waals surface area contributed by atoms with Crippen LogP contribution >= 0.6 is 0 Å². The Balaban J connectivity index is 2.86. The van der Waals surface area contributed by atoms with Crippen LogP contribution in [-0.2, 0) is 0 Å². The van der Waals surface area contributed by atoms with Gasteiger partial charge in [0.1, 0.15) is 0 Å². The normalized spacial score (nSPS) is 10.5. The van der Waals surface area contributed by atoms with E-state index in [0.717, 1.165) is 19.6 Å². The molecule has 0 fully saturated rings. The van der Waals surface area contributed by atoms with E-state index in [1.165, 1.54) is 0 Å². The fourth-order valence-electron chi connectivity index (χ4n) is 0.461. The van der Waals surface area contributed by atoms with Crippen LogP contribution in [0.5, 0.6) is 0 Å². The minimum Gasteiger partial charge on any atom is -0.318 e. The molecule has 1 N–H and O–H groups in total. The lowest BCUT2D eigenvalue weighted by Gasteiger charge is -2.11. The van der Waals surface area contributed by atoms with E-state index < -0.39 is 0 Å². The molecule has 0 heterocycles. The Hall–Kier alpha value is -0.0800. The molecule has 0 aliphatic rings. The Morgan fingerprint density at radius 2 is 2.12 bits per heavy atom. The molecule has 0 unspecified atom stereocenters. The molecule has 0 aliphatic heterocycles. The van der Waals surface area contributed by atoms with Crippen LogP contribution in [0.1, 0.15) is 6.92 Å². The van der Waals surface area contributed by atoms with Crippen LogP contribution in [0.3, 0.4) is 0 Å². The molecule has 0 amide bonds. The van der Waals surface area contributed by atoms with Gasteiger partial charge in [0, 0.05) is 13.1 Å². The van der Waals surface area contributed by atoms with E-state index in [1.807, 2.05) is 7.05 Å². The zero-order valence-corrected chi connectivity index (χ0v) is 6.07. The minimum absolute atomic E-state index is 1.09. The lowest BCUT2D eigenvalue weighted by Crippen LogP contribution is -2.26. The first-order valence-corrected chi connectivity index (χ1v) is 3.14. The molecule has 0 rings (SSSR count). The summed E-state index contributed by atoms with van der Waals surface area (Å²) >= 11 is 0. The number of rotatable bonds is 4. The van der Waals surface area contributed by atoms with E-state index in [4.69, 9.17) is 0 Å². The predicted octanol–water partition coefficient (Wildman–Crippen LogP) is 0.158. The maximum Gasteiger partial charge on any atom is 0.0104 e. The lowest BCUT2D eigenvalue weighted by molar-refractivity contribution is 0.354. The number of nitrogens with zero attached hydrogens (tertiary/aromatic N) is 1. The molecule has 0 radical (unpaired) electrons. The smallest absolute Gasteiger partial charge is 0.0104 e. The average molecular weight is 116 g/mol. The van der Waals surface area contributed by atoms with Crippen molar-refractivity contribution >= 4 is 0 Å². The molecule has 0 aromatic carbocycles. The van der Waals surface area contributed by atoms with Crippen molar-refractivity contribution in [1.29, 1.82) is 0 Å². The first-order chi connectivity index (χ1) is 3.81. The number of hydrogen-bond donors (Lipinski definition) is 1. The molecule has 0 aromatic heterocycles. The largest absolute Gasteiger partial charge is 0.318 e. The highest BCUT2D eigenvalue weighted by Gasteiger charge is 1.88. The monoisotopic (exact) mass is 116 g/mol. The van der Waals surface area contributed by atoms with Crippen molar-refractivity contribution in [3.63, 3.8) is 0 Å². The summed E-state index contributed by atoms with van der Waals surface area (Å²) in [6, 6.07) is 0. The van der Waals surface area contributed by atoms with Crippen molar-refractivity contribution in [3.8, 4) is 0 Å². The van der Waals surface area contributed by atoms with E-state index in [1.54, 1.807) is 0 Å². The van der Waals surface area contributed by atoms with Crippen LogP contribution < -0.4 is 5.32 Å². The van der Waals surface area contributed by atoms with Gasteiger partial charge in [-0.15, -0.1) is 0 Å². The van der Waals surface area contributed by atoms with Gasteiger partial charge in [0.25, 0.3) is 0 Å². The number of likely N-dealkylation sites (N-methyl/N-ethyl adjacent to an activating group) is 2. The van der Waals surface area contributed by atoms with Crippen LogP contribution in [0, 0.1) is 0 Å². The summed E-state index contributed by atoms with van der Waals surface area (Å²) in [6.45, 7) is 5.54. The van der Waals surface area contributed by atoms with E-state index in [9.17, 15) is 0 Å². The van der Waals surface area contributed by atoms with Crippen LogP contribution in [-0.4, -0.2) is 38.6 Å². The van der Waals surface area contributed by atoms with Gasteiger partial charge in [-0.05, 0) is 20.6 Å². The van der Waals surface area contributed by atoms with Gasteiger partial charge in [0.2, 0.25) is 0 Å². The lowest BCUT2D eigenvalue weighted by atomic mass is 10.5. The zero-order chi connectivity index (χ0) is 6.41. The standard InChI is InChI=1S/C6H16N2/c1-4-8(3)6-5-7-2/h7H,4-6H2,1-3H3. The Morgan fingerprint density at radius 1 is 1.50 bits per heavy atom. The summed E-state index contributed by atoms with van der Waals surface area (Å²) in [7, 11) is 4.10. The first-order valence-electron chi connectivity index (χ1n) is 3.14. The minimum atomic E-state index is 1.09. The molecule has 0 bridgehead atoms. The van der Waals surface area contributed by atoms with E-state index in [2.05, 4.69) is 24.2 Å². The van der Waals surface area contributed by atoms with Crippen molar-refractivity contribution < 1.29 is 0 Å². The fourth-order valence-corrected chi connectivity index (χ4v) is 0.461. The third kappa shape index (κ3) is 4.09. The summed E-state index contributed by atoms with van der Waals surface area (Å²) in [5.41, 5.74) is 0. The van der Waals surface area contributed by atoms with Crippen molar-refractivity contribution in [1.82, 2.24) is 10.2 Å². The molecular formula is C6H16N2. The molecule has 0 atom stereocenters. The third-order valence-corrected chi connectivity index (χ3v) is 1.28. The fraction of sp³-hybridized carbons (Fsp3) is 1.00. The first kappa shape index (κ1) is 7.92. The molecule has 0 aliphatic carbocycles. The molecule has 2 heteroatoms. The summed E-state index contributed by atoms with van der Waals surface area (Å²) < 4.78 is 0. The molecule has 0 saturated carbocycles. The summed E-state index contributed by atoms with van der Waals surface area (Å²) in [6.07, 6.45) is 0. The maximum absolute atomic E-state index is 3.09. The van der Waals surface area contributed by atoms with Crippen molar-refractivity contribution in [2.45, 2.75) is 6.92 Å². The van der Waals surface area contributed by atoms with Crippen molar-refractivity contribution in [2.24, 2.45) is 0 Å². The van der Waals surface area contributed by atoms with E-state index in [0.29, 0.717) is 0 Å². The van der Waals surface area contributed by atoms with Gasteiger partial charge >= 0.3 is 0 Å². The van der Waals surface area contributed by atoms with E-state index in [-0.39, 0.29) is 0 Å². The Bertz CT molecular complexity index is 45.8. The highest BCUT2D eigenvalue weighted by Crippen LogP contribution is 1.75. The maximum atomic E-state index is 3.09. The molecule has 0 saturated heterocycles. The van der Waals surface area contributed by atoms with Crippen LogP contribution in [0.15, 0.2) is 0 Å². The Morgan fingerprint density at radius 3 is 2.50 bits per heavy atom. The van der Waals surface area contributed by atoms with E-state index >= 15 is 0 Å². The van der Waals surface area contributed by atoms with Crippen molar-refractivity contribution in [2.75, 3.05) is 33.7 Å². The second kappa shape index (κ2) is 5.06. The van der Waals surface area contributed by atoms with Crippen molar-refractivity contribution in [3.05, 3.63) is 0 Å². The topological polar surface area (TPSA) is 15.3 Å². The molecule has 50 valence electrons. The Labute approximate surface area is 51.9 Å². The van der Waals surface area contributed by atoms with Gasteiger partial charge in [-0.2, -0.15) is 0 Å². The number of hydrogen-bond acceptors (Lipinski definition) is 2. The highest BCUT2D eigenvalue weighted by atomic mass is 15.1. The van der Waals surface area contributed by atoms with Crippen LogP contribution in [0.2, 0.25) is 0 Å². The van der Waals surface area contributed by atoms with Gasteiger partial charge in [-0.1, -0.05) is 6.92 Å². The van der Waals surface area contributed by atoms with Crippen LogP contribution in [0.25, 0.3) is 0 Å². The SMILES string of the molecule is CCN(C)CCNC. The molecule has 8 heavy (non-hydrogen) atoms. The van der Waals surface area contributed by atoms with Crippen LogP contribution in [0.4, 0.5) is 0 Å². The molecule has 2 nitrogen and oxygen atoms in total. The Kier molecular flexibility index (Phi) is 5.01. The summed E-state index contributed by atoms with van der Waals surface area (Å²) in [5, 5.41) is 3.09. The van der Waals surface area contributed by atoms with Gasteiger partial charge in [0.05, 0.1) is 0 Å². The highest BCUT2D eigenvalue weighted by molar-refractivity contribution is 4.47. The van der Waals surface area contributed by atoms with Gasteiger partial charge in [-0.25, -0.2) is 0 Å². The molecule has 0 aromatic rings. The summed E-state index contributed by atoms with van der Waals surface area (Å²) in [5.74, 6) is 0. The molecular weight excluding hydrogens is 100 g/mol.